The monoisotopic (exact) mass is 376 g/mol. The zero-order valence-electron chi connectivity index (χ0n) is 14.2. The molecule has 0 aromatic carbocycles. The Morgan fingerprint density at radius 3 is 1.83 bits per heavy atom. The van der Waals surface area contributed by atoms with Crippen LogP contribution in [-0.4, -0.2) is 72.4 Å². The van der Waals surface area contributed by atoms with Crippen molar-refractivity contribution >= 4 is 51.6 Å². The van der Waals surface area contributed by atoms with Gasteiger partial charge in [0.15, 0.2) is 0 Å². The van der Waals surface area contributed by atoms with Crippen molar-refractivity contribution in [1.82, 2.24) is 0 Å². The fraction of sp³-hybridized carbons (Fsp3) is 0.867. The van der Waals surface area contributed by atoms with Gasteiger partial charge in [-0.15, -0.1) is 0 Å². The van der Waals surface area contributed by atoms with Crippen LogP contribution in [0.5, 0.6) is 0 Å². The number of ether oxygens (including phenoxy) is 2. The third-order valence-electron chi connectivity index (χ3n) is 3.47. The molecule has 1 unspecified atom stereocenters. The first-order chi connectivity index (χ1) is 10.7. The van der Waals surface area contributed by atoms with Gasteiger partial charge in [0.05, 0.1) is 19.6 Å². The molecule has 0 heterocycles. The first kappa shape index (κ1) is 26.1. The number of hydrogen-bond donors (Lipinski definition) is 1. The van der Waals surface area contributed by atoms with Crippen LogP contribution >= 0.6 is 0 Å². The summed E-state index contributed by atoms with van der Waals surface area (Å²) in [5, 5.41) is 0. The molecule has 9 heteroatoms. The molecule has 1 N–H and O–H groups in total. The van der Waals surface area contributed by atoms with Gasteiger partial charge in [0.2, 0.25) is 4.75 Å². The van der Waals surface area contributed by atoms with Crippen LogP contribution in [0.4, 0.5) is 0 Å². The molecule has 0 spiro atoms. The normalized spacial score (nSPS) is 13.5. The Balaban J connectivity index is 0. The van der Waals surface area contributed by atoms with Gasteiger partial charge < -0.3 is 9.47 Å². The maximum atomic E-state index is 12.0. The number of carbonyl (C=O) groups is 2. The Labute approximate surface area is 166 Å². The summed E-state index contributed by atoms with van der Waals surface area (Å²) in [5.41, 5.74) is 0. The predicted molar refractivity (Wildman–Crippen MR) is 92.7 cm³/mol. The van der Waals surface area contributed by atoms with Gasteiger partial charge in [-0.2, -0.15) is 8.42 Å². The van der Waals surface area contributed by atoms with Gasteiger partial charge in [-0.1, -0.05) is 39.5 Å². The molecule has 24 heavy (non-hydrogen) atoms. The molecule has 0 amide bonds. The SMILES string of the molecule is CCCCCOC(=O)CC(C)(C(=O)OCCCCC)S(=O)(=O)O.[NaH]. The molecule has 0 radical (unpaired) electrons. The number of unbranched alkanes of at least 4 members (excludes halogenated alkanes) is 4. The van der Waals surface area contributed by atoms with Gasteiger partial charge in [0.1, 0.15) is 0 Å². The summed E-state index contributed by atoms with van der Waals surface area (Å²) < 4.78 is 39.9. The molecule has 0 bridgehead atoms. The fourth-order valence-corrected chi connectivity index (χ4v) is 2.37. The van der Waals surface area contributed by atoms with Crippen molar-refractivity contribution in [3.63, 3.8) is 0 Å². The van der Waals surface area contributed by atoms with Crippen LogP contribution in [0, 0.1) is 0 Å². The van der Waals surface area contributed by atoms with Crippen molar-refractivity contribution in [3.05, 3.63) is 0 Å². The van der Waals surface area contributed by atoms with Crippen molar-refractivity contribution in [2.45, 2.75) is 70.5 Å². The summed E-state index contributed by atoms with van der Waals surface area (Å²) in [6.45, 7) is 5.13. The zero-order chi connectivity index (χ0) is 17.9. The van der Waals surface area contributed by atoms with E-state index in [0.717, 1.165) is 32.6 Å². The molecule has 0 rings (SSSR count). The predicted octanol–water partition coefficient (Wildman–Crippen LogP) is 1.84. The first-order valence-electron chi connectivity index (χ1n) is 7.99. The quantitative estimate of drug-likeness (QED) is 0.240. The summed E-state index contributed by atoms with van der Waals surface area (Å²) in [4.78, 5) is 23.8. The summed E-state index contributed by atoms with van der Waals surface area (Å²) in [7, 11) is -4.81. The van der Waals surface area contributed by atoms with E-state index in [4.69, 9.17) is 9.47 Å². The van der Waals surface area contributed by atoms with Crippen molar-refractivity contribution in [1.29, 1.82) is 0 Å². The summed E-state index contributed by atoms with van der Waals surface area (Å²) >= 11 is 0. The topological polar surface area (TPSA) is 107 Å². The van der Waals surface area contributed by atoms with Crippen molar-refractivity contribution in [2.75, 3.05) is 13.2 Å². The second-order valence-corrected chi connectivity index (χ2v) is 7.50. The third kappa shape index (κ3) is 9.36. The van der Waals surface area contributed by atoms with Crippen LogP contribution in [0.1, 0.15) is 65.7 Å². The molecule has 0 saturated heterocycles. The van der Waals surface area contributed by atoms with Crippen LogP contribution in [0.2, 0.25) is 0 Å². The van der Waals surface area contributed by atoms with Gasteiger partial charge in [-0.25, -0.2) is 0 Å². The molecule has 0 saturated carbocycles. The number of rotatable bonds is 12. The van der Waals surface area contributed by atoms with Gasteiger partial charge >= 0.3 is 41.5 Å². The molecule has 0 aliphatic rings. The van der Waals surface area contributed by atoms with Gasteiger partial charge in [0, 0.05) is 0 Å². The number of carbonyl (C=O) groups excluding carboxylic acids is 2. The van der Waals surface area contributed by atoms with Gasteiger partial charge in [0.25, 0.3) is 10.1 Å². The van der Waals surface area contributed by atoms with E-state index in [-0.39, 0.29) is 42.8 Å². The van der Waals surface area contributed by atoms with Gasteiger partial charge in [-0.05, 0) is 19.8 Å². The Bertz CT molecular complexity index is 478. The van der Waals surface area contributed by atoms with Crippen LogP contribution in [0.15, 0.2) is 0 Å². The summed E-state index contributed by atoms with van der Waals surface area (Å²) in [6.07, 6.45) is 4.04. The average molecular weight is 376 g/mol. The molecule has 0 aliphatic heterocycles. The molecule has 1 atom stereocenters. The van der Waals surface area contributed by atoms with E-state index in [2.05, 4.69) is 0 Å². The molecule has 0 aromatic heterocycles. The first-order valence-corrected chi connectivity index (χ1v) is 9.43. The van der Waals surface area contributed by atoms with Crippen molar-refractivity contribution < 1.29 is 32.0 Å². The fourth-order valence-electron chi connectivity index (χ4n) is 1.80. The van der Waals surface area contributed by atoms with Gasteiger partial charge in [-0.3, -0.25) is 14.1 Å². The molecule has 0 fully saturated rings. The standard InChI is InChI=1S/C15H28O7S.Na.H/c1-4-6-8-10-21-13(16)12-15(3,23(18,19)20)14(17)22-11-9-7-5-2;;/h4-12H2,1-3H3,(H,18,19,20);;. The molecule has 138 valence electrons. The molecular weight excluding hydrogens is 347 g/mol. The summed E-state index contributed by atoms with van der Waals surface area (Å²) in [6, 6.07) is 0. The van der Waals surface area contributed by atoms with Crippen LogP contribution < -0.4 is 0 Å². The van der Waals surface area contributed by atoms with E-state index in [1.165, 1.54) is 0 Å². The Morgan fingerprint density at radius 2 is 1.42 bits per heavy atom. The zero-order valence-corrected chi connectivity index (χ0v) is 15.0. The van der Waals surface area contributed by atoms with Crippen molar-refractivity contribution in [3.8, 4) is 0 Å². The van der Waals surface area contributed by atoms with Crippen LogP contribution in [-0.2, 0) is 29.2 Å². The Hall–Kier alpha value is -0.150. The van der Waals surface area contributed by atoms with Crippen LogP contribution in [0.3, 0.4) is 0 Å². The Kier molecular flexibility index (Phi) is 14.2. The van der Waals surface area contributed by atoms with E-state index in [1.54, 1.807) is 0 Å². The second kappa shape index (κ2) is 13.1. The summed E-state index contributed by atoms with van der Waals surface area (Å²) in [5.74, 6) is -1.99. The number of esters is 2. The second-order valence-electron chi connectivity index (χ2n) is 5.65. The number of hydrogen-bond acceptors (Lipinski definition) is 6. The van der Waals surface area contributed by atoms with E-state index >= 15 is 0 Å². The van der Waals surface area contributed by atoms with E-state index < -0.39 is 33.2 Å². The minimum atomic E-state index is -4.81. The minimum absolute atomic E-state index is 0. The van der Waals surface area contributed by atoms with E-state index in [0.29, 0.717) is 12.8 Å². The van der Waals surface area contributed by atoms with E-state index in [1.807, 2.05) is 13.8 Å². The molecule has 0 aliphatic carbocycles. The molecular formula is C15H29NaO7S. The van der Waals surface area contributed by atoms with Crippen molar-refractivity contribution in [2.24, 2.45) is 0 Å². The Morgan fingerprint density at radius 1 is 0.958 bits per heavy atom. The van der Waals surface area contributed by atoms with Crippen LogP contribution in [0.25, 0.3) is 0 Å². The van der Waals surface area contributed by atoms with E-state index in [9.17, 15) is 22.6 Å². The third-order valence-corrected chi connectivity index (χ3v) is 4.92. The average Bonchev–Trinajstić information content (AvgIpc) is 2.46. The molecule has 0 aromatic rings. The maximum absolute atomic E-state index is 12.0. The molecule has 7 nitrogen and oxygen atoms in total.